The van der Waals surface area contributed by atoms with Crippen molar-refractivity contribution in [2.75, 3.05) is 33.2 Å². The van der Waals surface area contributed by atoms with E-state index in [-0.39, 0.29) is 24.0 Å². The fourth-order valence-corrected chi connectivity index (χ4v) is 4.93. The van der Waals surface area contributed by atoms with E-state index in [1.165, 1.54) is 63.6 Å². The monoisotopic (exact) mass is 541 g/mol. The third kappa shape index (κ3) is 8.89. The average Bonchev–Trinajstić information content (AvgIpc) is 2.76. The molecule has 2 saturated heterocycles. The lowest BCUT2D eigenvalue weighted by molar-refractivity contribution is 0.134. The fourth-order valence-electron chi connectivity index (χ4n) is 4.93. The Kier molecular flexibility index (Phi) is 12.2. The SMILES string of the molecule is CN=C(NCCCCN1CCCCC1C)NC1CCN(Cc2ccccc2)C(C)C1.I. The first-order valence-electron chi connectivity index (χ1n) is 12.1. The molecule has 0 amide bonds. The summed E-state index contributed by atoms with van der Waals surface area (Å²) in [5.41, 5.74) is 1.41. The molecule has 3 atom stereocenters. The Morgan fingerprint density at radius 2 is 1.81 bits per heavy atom. The normalized spacial score (nSPS) is 25.6. The van der Waals surface area contributed by atoms with Crippen molar-refractivity contribution < 1.29 is 0 Å². The molecule has 6 heteroatoms. The third-order valence-electron chi connectivity index (χ3n) is 6.91. The van der Waals surface area contributed by atoms with E-state index >= 15 is 0 Å². The van der Waals surface area contributed by atoms with Gasteiger partial charge in [-0.3, -0.25) is 9.89 Å². The molecule has 2 aliphatic rings. The van der Waals surface area contributed by atoms with Crippen LogP contribution in [0.3, 0.4) is 0 Å². The van der Waals surface area contributed by atoms with E-state index in [9.17, 15) is 0 Å². The zero-order valence-electron chi connectivity index (χ0n) is 19.9. The molecule has 0 saturated carbocycles. The Morgan fingerprint density at radius 1 is 1.00 bits per heavy atom. The van der Waals surface area contributed by atoms with Gasteiger partial charge in [0.2, 0.25) is 0 Å². The maximum absolute atomic E-state index is 4.46. The maximum atomic E-state index is 4.46. The number of piperidine rings is 2. The number of likely N-dealkylation sites (tertiary alicyclic amines) is 2. The van der Waals surface area contributed by atoms with Gasteiger partial charge in [0.05, 0.1) is 0 Å². The first-order valence-corrected chi connectivity index (χ1v) is 12.1. The van der Waals surface area contributed by atoms with Gasteiger partial charge in [-0.15, -0.1) is 24.0 Å². The summed E-state index contributed by atoms with van der Waals surface area (Å²) < 4.78 is 0. The molecule has 2 fully saturated rings. The first-order chi connectivity index (χ1) is 14.7. The summed E-state index contributed by atoms with van der Waals surface area (Å²) in [7, 11) is 1.89. The van der Waals surface area contributed by atoms with E-state index in [0.29, 0.717) is 12.1 Å². The van der Waals surface area contributed by atoms with Crippen molar-refractivity contribution in [2.24, 2.45) is 4.99 Å². The van der Waals surface area contributed by atoms with Crippen LogP contribution in [-0.4, -0.2) is 67.1 Å². The Labute approximate surface area is 207 Å². The highest BCUT2D eigenvalue weighted by Gasteiger charge is 2.26. The van der Waals surface area contributed by atoms with Crippen LogP contribution in [0.5, 0.6) is 0 Å². The van der Waals surface area contributed by atoms with E-state index in [0.717, 1.165) is 31.6 Å². The molecule has 0 aromatic heterocycles. The molecule has 2 heterocycles. The Balaban J connectivity index is 0.00000341. The Morgan fingerprint density at radius 3 is 2.52 bits per heavy atom. The minimum absolute atomic E-state index is 0. The van der Waals surface area contributed by atoms with Crippen LogP contribution in [-0.2, 0) is 6.54 Å². The summed E-state index contributed by atoms with van der Waals surface area (Å²) in [6.45, 7) is 10.5. The second kappa shape index (κ2) is 14.3. The molecule has 0 radical (unpaired) electrons. The van der Waals surface area contributed by atoms with Gasteiger partial charge in [-0.2, -0.15) is 0 Å². The highest BCUT2D eigenvalue weighted by atomic mass is 127. The highest BCUT2D eigenvalue weighted by molar-refractivity contribution is 14.0. The molecule has 0 spiro atoms. The van der Waals surface area contributed by atoms with Gasteiger partial charge in [-0.1, -0.05) is 36.8 Å². The van der Waals surface area contributed by atoms with Crippen molar-refractivity contribution in [2.45, 2.75) is 83.5 Å². The molecule has 176 valence electrons. The van der Waals surface area contributed by atoms with E-state index < -0.39 is 0 Å². The number of aliphatic imine (C=N–C) groups is 1. The number of unbranched alkanes of at least 4 members (excludes halogenated alkanes) is 1. The smallest absolute Gasteiger partial charge is 0.191 e. The van der Waals surface area contributed by atoms with Gasteiger partial charge in [0.1, 0.15) is 0 Å². The van der Waals surface area contributed by atoms with Crippen molar-refractivity contribution >= 4 is 29.9 Å². The van der Waals surface area contributed by atoms with Crippen LogP contribution < -0.4 is 10.6 Å². The van der Waals surface area contributed by atoms with Gasteiger partial charge in [-0.05, 0) is 71.0 Å². The van der Waals surface area contributed by atoms with Crippen LogP contribution >= 0.6 is 24.0 Å². The van der Waals surface area contributed by atoms with Gasteiger partial charge < -0.3 is 15.5 Å². The van der Waals surface area contributed by atoms with Gasteiger partial charge in [-0.25, -0.2) is 0 Å². The molecule has 3 unspecified atom stereocenters. The van der Waals surface area contributed by atoms with Crippen LogP contribution in [0.15, 0.2) is 35.3 Å². The van der Waals surface area contributed by atoms with E-state index in [1.807, 2.05) is 7.05 Å². The van der Waals surface area contributed by atoms with Crippen molar-refractivity contribution in [3.05, 3.63) is 35.9 Å². The van der Waals surface area contributed by atoms with Crippen molar-refractivity contribution in [1.82, 2.24) is 20.4 Å². The second-order valence-corrected chi connectivity index (χ2v) is 9.26. The van der Waals surface area contributed by atoms with E-state index in [2.05, 4.69) is 69.6 Å². The highest BCUT2D eigenvalue weighted by Crippen LogP contribution is 2.20. The predicted molar refractivity (Wildman–Crippen MR) is 143 cm³/mol. The summed E-state index contributed by atoms with van der Waals surface area (Å²) in [6.07, 6.45) is 8.97. The van der Waals surface area contributed by atoms with Crippen molar-refractivity contribution in [3.63, 3.8) is 0 Å². The van der Waals surface area contributed by atoms with Gasteiger partial charge in [0.25, 0.3) is 0 Å². The number of nitrogens with one attached hydrogen (secondary N) is 2. The number of rotatable bonds is 8. The summed E-state index contributed by atoms with van der Waals surface area (Å²) in [5.74, 6) is 0.968. The molecule has 2 aliphatic heterocycles. The standard InChI is InChI=1S/C25H43N5.HI/c1-21-11-7-9-16-29(21)17-10-8-15-27-25(26-3)28-24-14-18-30(22(2)19-24)20-23-12-5-4-6-13-23;/h4-6,12-13,21-22,24H,7-11,14-20H2,1-3H3,(H2,26,27,28);1H. The van der Waals surface area contributed by atoms with Crippen molar-refractivity contribution in [1.29, 1.82) is 0 Å². The summed E-state index contributed by atoms with van der Waals surface area (Å²) in [5, 5.41) is 7.21. The molecule has 0 aliphatic carbocycles. The quantitative estimate of drug-likeness (QED) is 0.221. The molecule has 1 aromatic rings. The lowest BCUT2D eigenvalue weighted by atomic mass is 9.97. The lowest BCUT2D eigenvalue weighted by Crippen LogP contribution is -2.51. The topological polar surface area (TPSA) is 42.9 Å². The van der Waals surface area contributed by atoms with Gasteiger partial charge >= 0.3 is 0 Å². The van der Waals surface area contributed by atoms with Gasteiger partial charge in [0.15, 0.2) is 5.96 Å². The van der Waals surface area contributed by atoms with Crippen LogP contribution in [0.2, 0.25) is 0 Å². The molecular weight excluding hydrogens is 497 g/mol. The largest absolute Gasteiger partial charge is 0.356 e. The number of halogens is 1. The third-order valence-corrected chi connectivity index (χ3v) is 6.91. The molecule has 31 heavy (non-hydrogen) atoms. The van der Waals surface area contributed by atoms with Crippen molar-refractivity contribution in [3.8, 4) is 0 Å². The number of guanidine groups is 1. The first kappa shape index (κ1) is 26.4. The minimum Gasteiger partial charge on any atom is -0.356 e. The minimum atomic E-state index is 0. The molecule has 2 N–H and O–H groups in total. The number of hydrogen-bond acceptors (Lipinski definition) is 3. The molecule has 0 bridgehead atoms. The van der Waals surface area contributed by atoms with Crippen LogP contribution in [0.1, 0.15) is 64.4 Å². The van der Waals surface area contributed by atoms with Crippen LogP contribution in [0, 0.1) is 0 Å². The van der Waals surface area contributed by atoms with Gasteiger partial charge in [0, 0.05) is 44.8 Å². The summed E-state index contributed by atoms with van der Waals surface area (Å²) >= 11 is 0. The molecule has 5 nitrogen and oxygen atoms in total. The molecular formula is C25H44IN5. The molecule has 1 aromatic carbocycles. The predicted octanol–water partition coefficient (Wildman–Crippen LogP) is 4.48. The van der Waals surface area contributed by atoms with E-state index in [1.54, 1.807) is 0 Å². The summed E-state index contributed by atoms with van der Waals surface area (Å²) in [6, 6.07) is 12.7. The average molecular weight is 542 g/mol. The number of hydrogen-bond donors (Lipinski definition) is 2. The zero-order chi connectivity index (χ0) is 21.2. The summed E-state index contributed by atoms with van der Waals surface area (Å²) in [4.78, 5) is 9.73. The van der Waals surface area contributed by atoms with Crippen LogP contribution in [0.4, 0.5) is 0 Å². The maximum Gasteiger partial charge on any atom is 0.191 e. The van der Waals surface area contributed by atoms with Crippen LogP contribution in [0.25, 0.3) is 0 Å². The van der Waals surface area contributed by atoms with E-state index in [4.69, 9.17) is 0 Å². The molecule has 3 rings (SSSR count). The zero-order valence-corrected chi connectivity index (χ0v) is 22.2. The Hall–Kier alpha value is -0.860. The number of nitrogens with zero attached hydrogens (tertiary/aromatic N) is 3. The lowest BCUT2D eigenvalue weighted by Gasteiger charge is -2.38. The Bertz CT molecular complexity index is 638. The fraction of sp³-hybridized carbons (Fsp3) is 0.720. The second-order valence-electron chi connectivity index (χ2n) is 9.26. The number of benzene rings is 1.